The van der Waals surface area contributed by atoms with Crippen molar-refractivity contribution >= 4 is 11.8 Å². The Hall–Kier alpha value is -1.88. The first-order valence-corrected chi connectivity index (χ1v) is 9.00. The topological polar surface area (TPSA) is 75.4 Å². The van der Waals surface area contributed by atoms with Crippen molar-refractivity contribution in [3.05, 3.63) is 35.4 Å². The minimum Gasteiger partial charge on any atom is -0.368 e. The Balaban J connectivity index is 1.57. The van der Waals surface area contributed by atoms with Crippen LogP contribution in [0.3, 0.4) is 0 Å². The lowest BCUT2D eigenvalue weighted by Crippen LogP contribution is -2.52. The van der Waals surface area contributed by atoms with Crippen molar-refractivity contribution in [2.75, 3.05) is 13.1 Å². The summed E-state index contributed by atoms with van der Waals surface area (Å²) in [5, 5.41) is 3.05. The van der Waals surface area contributed by atoms with E-state index in [0.29, 0.717) is 18.9 Å². The first-order valence-electron chi connectivity index (χ1n) is 9.00. The molecule has 1 aromatic carbocycles. The van der Waals surface area contributed by atoms with Crippen molar-refractivity contribution in [2.24, 2.45) is 11.7 Å². The summed E-state index contributed by atoms with van der Waals surface area (Å²) in [6.45, 7) is 1.58. The van der Waals surface area contributed by atoms with Crippen LogP contribution in [0.4, 0.5) is 0 Å². The van der Waals surface area contributed by atoms with Gasteiger partial charge in [-0.05, 0) is 36.3 Å². The lowest BCUT2D eigenvalue weighted by Gasteiger charge is -2.34. The second-order valence-electron chi connectivity index (χ2n) is 7.10. The number of hydrogen-bond acceptors (Lipinski definition) is 3. The molecule has 24 heavy (non-hydrogen) atoms. The lowest BCUT2D eigenvalue weighted by molar-refractivity contribution is -0.127. The lowest BCUT2D eigenvalue weighted by atomic mass is 9.89. The fraction of sp³-hybridized carbons (Fsp3) is 0.579. The molecule has 3 rings (SSSR count). The molecule has 130 valence electrons. The monoisotopic (exact) mass is 329 g/mol. The zero-order valence-electron chi connectivity index (χ0n) is 14.2. The van der Waals surface area contributed by atoms with Gasteiger partial charge in [0.15, 0.2) is 0 Å². The molecule has 0 radical (unpaired) electrons. The quantitative estimate of drug-likeness (QED) is 0.861. The largest absolute Gasteiger partial charge is 0.368 e. The fourth-order valence-electron chi connectivity index (χ4n) is 3.91. The van der Waals surface area contributed by atoms with Crippen LogP contribution in [0.5, 0.6) is 0 Å². The smallest absolute Gasteiger partial charge is 0.235 e. The molecule has 0 bridgehead atoms. The summed E-state index contributed by atoms with van der Waals surface area (Å²) < 4.78 is 0. The molecule has 3 N–H and O–H groups in total. The highest BCUT2D eigenvalue weighted by Gasteiger charge is 2.31. The van der Waals surface area contributed by atoms with E-state index in [9.17, 15) is 9.59 Å². The molecule has 1 heterocycles. The van der Waals surface area contributed by atoms with E-state index >= 15 is 0 Å². The first-order chi connectivity index (χ1) is 11.6. The molecule has 1 aliphatic carbocycles. The summed E-state index contributed by atoms with van der Waals surface area (Å²) in [4.78, 5) is 26.0. The van der Waals surface area contributed by atoms with E-state index in [1.807, 2.05) is 23.1 Å². The molecule has 1 fully saturated rings. The van der Waals surface area contributed by atoms with Gasteiger partial charge in [0.1, 0.15) is 0 Å². The second-order valence-corrected chi connectivity index (χ2v) is 7.10. The Kier molecular flexibility index (Phi) is 5.51. The van der Waals surface area contributed by atoms with Gasteiger partial charge in [-0.15, -0.1) is 0 Å². The number of amides is 2. The number of fused-ring (bicyclic) bond motifs is 1. The Morgan fingerprint density at radius 1 is 1.12 bits per heavy atom. The van der Waals surface area contributed by atoms with Crippen molar-refractivity contribution in [3.8, 4) is 0 Å². The van der Waals surface area contributed by atoms with Crippen LogP contribution in [0.1, 0.15) is 43.2 Å². The number of hydrogen-bond donors (Lipinski definition) is 2. The molecule has 5 nitrogen and oxygen atoms in total. The predicted molar refractivity (Wildman–Crippen MR) is 93.1 cm³/mol. The van der Waals surface area contributed by atoms with E-state index in [1.165, 1.54) is 37.7 Å². The highest BCUT2D eigenvalue weighted by Crippen LogP contribution is 2.24. The van der Waals surface area contributed by atoms with Crippen LogP contribution >= 0.6 is 0 Å². The van der Waals surface area contributed by atoms with E-state index in [4.69, 9.17) is 5.73 Å². The van der Waals surface area contributed by atoms with Gasteiger partial charge < -0.3 is 11.1 Å². The second kappa shape index (κ2) is 7.79. The normalized spacial score (nSPS) is 21.9. The molecule has 2 aliphatic rings. The van der Waals surface area contributed by atoms with Gasteiger partial charge in [-0.25, -0.2) is 0 Å². The molecule has 2 amide bonds. The van der Waals surface area contributed by atoms with Crippen LogP contribution in [0.25, 0.3) is 0 Å². The van der Waals surface area contributed by atoms with Crippen LogP contribution in [0, 0.1) is 5.92 Å². The maximum Gasteiger partial charge on any atom is 0.235 e. The summed E-state index contributed by atoms with van der Waals surface area (Å²) in [7, 11) is 0. The van der Waals surface area contributed by atoms with Gasteiger partial charge in [0.25, 0.3) is 0 Å². The van der Waals surface area contributed by atoms with Crippen molar-refractivity contribution in [1.82, 2.24) is 10.2 Å². The number of carbonyl (C=O) groups excluding carboxylic acids is 2. The van der Waals surface area contributed by atoms with Crippen LogP contribution in [0.2, 0.25) is 0 Å². The molecule has 0 spiro atoms. The molecule has 0 saturated heterocycles. The average Bonchev–Trinajstić information content (AvgIpc) is 2.60. The molecule has 1 saturated carbocycles. The third kappa shape index (κ3) is 4.15. The zero-order chi connectivity index (χ0) is 16.9. The Morgan fingerprint density at radius 3 is 2.54 bits per heavy atom. The van der Waals surface area contributed by atoms with Crippen molar-refractivity contribution < 1.29 is 9.59 Å². The van der Waals surface area contributed by atoms with Crippen molar-refractivity contribution in [3.63, 3.8) is 0 Å². The molecule has 1 aliphatic heterocycles. The van der Waals surface area contributed by atoms with Crippen LogP contribution in [-0.4, -0.2) is 35.8 Å². The van der Waals surface area contributed by atoms with Gasteiger partial charge in [0, 0.05) is 13.1 Å². The number of primary amides is 1. The van der Waals surface area contributed by atoms with Crippen molar-refractivity contribution in [2.45, 2.75) is 51.1 Å². The number of nitrogens with two attached hydrogens (primary N) is 1. The number of rotatable bonds is 5. The Bertz CT molecular complexity index is 596. The van der Waals surface area contributed by atoms with Gasteiger partial charge in [-0.3, -0.25) is 14.5 Å². The van der Waals surface area contributed by atoms with Crippen LogP contribution in [0.15, 0.2) is 24.3 Å². The van der Waals surface area contributed by atoms with Crippen LogP contribution in [-0.2, 0) is 22.6 Å². The molecule has 1 atom stereocenters. The van der Waals surface area contributed by atoms with E-state index in [0.717, 1.165) is 12.1 Å². The summed E-state index contributed by atoms with van der Waals surface area (Å²) in [5.74, 6) is 0.243. The summed E-state index contributed by atoms with van der Waals surface area (Å²) in [6.07, 6.45) is 6.86. The van der Waals surface area contributed by atoms with Crippen LogP contribution < -0.4 is 11.1 Å². The molecule has 5 heteroatoms. The number of carbonyl (C=O) groups is 2. The fourth-order valence-corrected chi connectivity index (χ4v) is 3.91. The minimum absolute atomic E-state index is 0.00814. The molecular formula is C19H27N3O2. The third-order valence-corrected chi connectivity index (χ3v) is 5.33. The molecule has 0 aromatic heterocycles. The predicted octanol–water partition coefficient (Wildman–Crippen LogP) is 1.60. The molecular weight excluding hydrogens is 302 g/mol. The third-order valence-electron chi connectivity index (χ3n) is 5.33. The van der Waals surface area contributed by atoms with Crippen molar-refractivity contribution in [1.29, 1.82) is 0 Å². The van der Waals surface area contributed by atoms with E-state index < -0.39 is 6.04 Å². The summed E-state index contributed by atoms with van der Waals surface area (Å²) in [5.41, 5.74) is 7.90. The van der Waals surface area contributed by atoms with E-state index in [1.54, 1.807) is 0 Å². The van der Waals surface area contributed by atoms with Gasteiger partial charge in [-0.1, -0.05) is 43.5 Å². The highest BCUT2D eigenvalue weighted by atomic mass is 16.2. The van der Waals surface area contributed by atoms with Gasteiger partial charge >= 0.3 is 0 Å². The minimum atomic E-state index is -0.402. The van der Waals surface area contributed by atoms with Gasteiger partial charge in [0.2, 0.25) is 11.8 Å². The highest BCUT2D eigenvalue weighted by molar-refractivity contribution is 5.83. The molecule has 1 aromatic rings. The van der Waals surface area contributed by atoms with E-state index in [-0.39, 0.29) is 18.4 Å². The standard InChI is InChI=1S/C19H27N3O2/c20-19(24)17-10-15-8-4-5-9-16(15)12-22(17)13-18(23)21-11-14-6-2-1-3-7-14/h4-5,8-9,14,17H,1-3,6-7,10-13H2,(H2,20,24)(H,21,23)/t17-/m1/s1. The SMILES string of the molecule is NC(=O)[C@H]1Cc2ccccc2CN1CC(=O)NCC1CCCCC1. The van der Waals surface area contributed by atoms with Gasteiger partial charge in [-0.2, -0.15) is 0 Å². The zero-order valence-corrected chi connectivity index (χ0v) is 14.2. The first kappa shape index (κ1) is 17.0. The Labute approximate surface area is 143 Å². The average molecular weight is 329 g/mol. The van der Waals surface area contributed by atoms with Gasteiger partial charge in [0.05, 0.1) is 12.6 Å². The molecule has 0 unspecified atom stereocenters. The van der Waals surface area contributed by atoms with E-state index in [2.05, 4.69) is 11.4 Å². The summed E-state index contributed by atoms with van der Waals surface area (Å²) in [6, 6.07) is 7.65. The maximum atomic E-state index is 12.3. The maximum absolute atomic E-state index is 12.3. The summed E-state index contributed by atoms with van der Waals surface area (Å²) >= 11 is 0. The number of nitrogens with zero attached hydrogens (tertiary/aromatic N) is 1. The Morgan fingerprint density at radius 2 is 1.83 bits per heavy atom. The number of benzene rings is 1. The number of nitrogens with one attached hydrogen (secondary N) is 1.